The molecule has 2 aromatic carbocycles. The number of aromatic hydroxyl groups is 3. The lowest BCUT2D eigenvalue weighted by atomic mass is 9.78. The Balaban J connectivity index is 1.72. The van der Waals surface area contributed by atoms with Crippen LogP contribution in [0.15, 0.2) is 36.1 Å². The van der Waals surface area contributed by atoms with Crippen molar-refractivity contribution >= 4 is 39.8 Å². The molecule has 1 saturated heterocycles. The minimum atomic E-state index is -2.01. The van der Waals surface area contributed by atoms with Crippen molar-refractivity contribution in [3.63, 3.8) is 0 Å². The molecule has 15 heteroatoms. The van der Waals surface area contributed by atoms with Crippen molar-refractivity contribution in [2.24, 2.45) is 23.7 Å². The molecule has 0 radical (unpaired) electrons. The largest absolute Gasteiger partial charge is 0.507 e. The van der Waals surface area contributed by atoms with Crippen molar-refractivity contribution in [1.82, 2.24) is 4.90 Å². The molecule has 5 bridgehead atoms. The SMILES string of the molecule is COC1/C=C/OC2(C)Oc3c(C)c(O)c4c(O)c(c(N5CCN(C)CC5)c(O)c4c3C2=O)NC(=O)/C(C)=C\C=C\C(C)C(O)C(C)C(O)C(C)C(OC(C)=O)C1C. The number of aliphatic hydroxyl groups excluding tert-OH is 2. The van der Waals surface area contributed by atoms with E-state index >= 15 is 0 Å². The van der Waals surface area contributed by atoms with E-state index in [9.17, 15) is 39.9 Å². The Morgan fingerprint density at radius 2 is 1.56 bits per heavy atom. The number of Topliss-reactive ketones (excluding diaryl/α,β-unsaturated/α-hetero) is 1. The average Bonchev–Trinajstić information content (AvgIpc) is 3.43. The first-order valence-corrected chi connectivity index (χ1v) is 19.3. The van der Waals surface area contributed by atoms with E-state index in [1.165, 1.54) is 46.3 Å². The number of hydrogen-bond donors (Lipinski definition) is 6. The van der Waals surface area contributed by atoms with E-state index in [0.717, 1.165) is 0 Å². The lowest BCUT2D eigenvalue weighted by Gasteiger charge is -2.38. The predicted octanol–water partition coefficient (Wildman–Crippen LogP) is 4.51. The van der Waals surface area contributed by atoms with Gasteiger partial charge in [0.15, 0.2) is 5.75 Å². The van der Waals surface area contributed by atoms with Crippen molar-refractivity contribution in [2.75, 3.05) is 50.6 Å². The third-order valence-electron chi connectivity index (χ3n) is 11.8. The Hall–Kier alpha value is -4.83. The second kappa shape index (κ2) is 16.9. The van der Waals surface area contributed by atoms with Crippen LogP contribution in [0.2, 0.25) is 0 Å². The van der Waals surface area contributed by atoms with E-state index in [1.54, 1.807) is 51.7 Å². The molecular formula is C42H57N3O12. The van der Waals surface area contributed by atoms with Gasteiger partial charge in [0.1, 0.15) is 34.7 Å². The summed E-state index contributed by atoms with van der Waals surface area (Å²) in [7, 11) is 3.39. The molecule has 2 aromatic rings. The van der Waals surface area contributed by atoms with Gasteiger partial charge < -0.3 is 59.6 Å². The van der Waals surface area contributed by atoms with Gasteiger partial charge in [0.05, 0.1) is 35.5 Å². The first-order chi connectivity index (χ1) is 26.7. The van der Waals surface area contributed by atoms with Crippen LogP contribution in [0.5, 0.6) is 23.0 Å². The lowest BCUT2D eigenvalue weighted by molar-refractivity contribution is -0.160. The van der Waals surface area contributed by atoms with Crippen molar-refractivity contribution in [3.05, 3.63) is 47.3 Å². The zero-order chi connectivity index (χ0) is 42.3. The molecule has 0 spiro atoms. The Bertz CT molecular complexity index is 1990. The average molecular weight is 796 g/mol. The van der Waals surface area contributed by atoms with Gasteiger partial charge in [-0.25, -0.2) is 0 Å². The number of rotatable bonds is 3. The normalized spacial score (nSPS) is 32.6. The summed E-state index contributed by atoms with van der Waals surface area (Å²) in [5.41, 5.74) is 0.0600. The number of phenolic OH excluding ortho intramolecular Hbond substituents is 3. The second-order valence-electron chi connectivity index (χ2n) is 15.8. The van der Waals surface area contributed by atoms with E-state index in [0.29, 0.717) is 26.2 Å². The number of benzene rings is 2. The Kier molecular flexibility index (Phi) is 12.9. The Morgan fingerprint density at radius 1 is 0.912 bits per heavy atom. The van der Waals surface area contributed by atoms with E-state index in [-0.39, 0.29) is 44.6 Å². The summed E-state index contributed by atoms with van der Waals surface area (Å²) in [6.07, 6.45) is 3.71. The standard InChI is InChI=1S/C42H57N3O12/c1-20-12-11-13-21(2)41(53)43-31-32(45-17-15-44(9)16-18-45)37(51)28-29(36(31)50)35(49)25(6)39-30(28)40(52)42(8,57-39)55-19-14-27(54-10)22(3)38(56-26(7)46)24(5)34(48)23(4)33(20)47/h11-14,19-20,22-24,27,33-34,38,47-51H,15-18H2,1-10H3,(H,43,53)/b12-11+,19-14+,21-13-. The summed E-state index contributed by atoms with van der Waals surface area (Å²) in [5, 5.41) is 60.9. The highest BCUT2D eigenvalue weighted by Crippen LogP contribution is 2.57. The van der Waals surface area contributed by atoms with E-state index in [2.05, 4.69) is 10.2 Å². The quantitative estimate of drug-likeness (QED) is 0.144. The highest BCUT2D eigenvalue weighted by Gasteiger charge is 2.50. The van der Waals surface area contributed by atoms with Crippen molar-refractivity contribution in [3.8, 4) is 23.0 Å². The third-order valence-corrected chi connectivity index (χ3v) is 11.8. The van der Waals surface area contributed by atoms with Gasteiger partial charge in [0.25, 0.3) is 11.7 Å². The second-order valence-corrected chi connectivity index (χ2v) is 15.8. The summed E-state index contributed by atoms with van der Waals surface area (Å²) in [4.78, 5) is 44.4. The molecular weight excluding hydrogens is 738 g/mol. The van der Waals surface area contributed by atoms with Crippen LogP contribution >= 0.6 is 0 Å². The number of amides is 1. The number of nitrogens with zero attached hydrogens (tertiary/aromatic N) is 2. The first kappa shape index (κ1) is 43.3. The van der Waals surface area contributed by atoms with Crippen LogP contribution in [0.1, 0.15) is 64.4 Å². The number of ketones is 1. The van der Waals surface area contributed by atoms with Crippen molar-refractivity contribution in [2.45, 2.75) is 85.6 Å². The summed E-state index contributed by atoms with van der Waals surface area (Å²) >= 11 is 0. The number of esters is 1. The van der Waals surface area contributed by atoms with Crippen LogP contribution in [0.4, 0.5) is 11.4 Å². The minimum Gasteiger partial charge on any atom is -0.507 e. The number of hydrogen-bond acceptors (Lipinski definition) is 14. The van der Waals surface area contributed by atoms with Gasteiger partial charge in [0.2, 0.25) is 0 Å². The molecule has 1 fully saturated rings. The molecule has 6 N–H and O–H groups in total. The number of phenols is 3. The Morgan fingerprint density at radius 3 is 2.18 bits per heavy atom. The topological polar surface area (TPSA) is 208 Å². The number of likely N-dealkylation sites (N-methyl/N-ethyl adjacent to an activating group) is 1. The van der Waals surface area contributed by atoms with Crippen LogP contribution in [0.25, 0.3) is 10.8 Å². The summed E-state index contributed by atoms with van der Waals surface area (Å²) in [6.45, 7) is 14.6. The van der Waals surface area contributed by atoms with Gasteiger partial charge in [-0.3, -0.25) is 14.4 Å². The fourth-order valence-electron chi connectivity index (χ4n) is 8.04. The van der Waals surface area contributed by atoms with Gasteiger partial charge in [0, 0.05) is 87.3 Å². The molecule has 1 amide bonds. The number of carbonyl (C=O) groups excluding carboxylic acids is 3. The highest BCUT2D eigenvalue weighted by atomic mass is 16.7. The number of anilines is 2. The third kappa shape index (κ3) is 8.15. The number of fused-ring (bicyclic) bond motifs is 14. The number of carbonyl (C=O) groups is 3. The summed E-state index contributed by atoms with van der Waals surface area (Å²) in [5.74, 6) is -7.93. The number of piperazine rings is 1. The van der Waals surface area contributed by atoms with Gasteiger partial charge in [-0.15, -0.1) is 0 Å². The molecule has 4 aliphatic heterocycles. The molecule has 57 heavy (non-hydrogen) atoms. The maximum absolute atomic E-state index is 14.4. The van der Waals surface area contributed by atoms with Crippen LogP contribution < -0.4 is 15.0 Å². The number of aliphatic hydroxyl groups is 2. The van der Waals surface area contributed by atoms with E-state index in [1.807, 2.05) is 7.05 Å². The predicted molar refractivity (Wildman–Crippen MR) is 214 cm³/mol. The van der Waals surface area contributed by atoms with Gasteiger partial charge >= 0.3 is 11.8 Å². The van der Waals surface area contributed by atoms with Crippen LogP contribution in [0, 0.1) is 30.6 Å². The van der Waals surface area contributed by atoms with Crippen LogP contribution in [-0.2, 0) is 23.8 Å². The fraction of sp³-hybridized carbons (Fsp3) is 0.548. The summed E-state index contributed by atoms with van der Waals surface area (Å²) in [6, 6.07) is 0. The number of allylic oxidation sites excluding steroid dienone is 2. The van der Waals surface area contributed by atoms with Crippen LogP contribution in [-0.4, -0.2) is 119 Å². The number of methoxy groups -OCH3 is 1. The van der Waals surface area contributed by atoms with E-state index in [4.69, 9.17) is 18.9 Å². The molecule has 0 aromatic heterocycles. The molecule has 312 valence electrons. The molecule has 9 unspecified atom stereocenters. The molecule has 0 aliphatic carbocycles. The monoisotopic (exact) mass is 795 g/mol. The minimum absolute atomic E-state index is 0.0599. The Labute approximate surface area is 333 Å². The van der Waals surface area contributed by atoms with Gasteiger partial charge in [-0.05, 0) is 27.0 Å². The molecule has 9 atom stereocenters. The van der Waals surface area contributed by atoms with Crippen molar-refractivity contribution < 1.29 is 58.9 Å². The van der Waals surface area contributed by atoms with Crippen molar-refractivity contribution in [1.29, 1.82) is 0 Å². The van der Waals surface area contributed by atoms with Crippen LogP contribution in [0.3, 0.4) is 0 Å². The first-order valence-electron chi connectivity index (χ1n) is 19.3. The fourth-order valence-corrected chi connectivity index (χ4v) is 8.04. The zero-order valence-electron chi connectivity index (χ0n) is 34.3. The summed E-state index contributed by atoms with van der Waals surface area (Å²) < 4.78 is 23.6. The number of ether oxygens (including phenoxy) is 4. The van der Waals surface area contributed by atoms with Gasteiger partial charge in [-0.2, -0.15) is 0 Å². The molecule has 6 rings (SSSR count). The van der Waals surface area contributed by atoms with E-state index < -0.39 is 88.8 Å². The molecule has 4 heterocycles. The molecule has 15 nitrogen and oxygen atoms in total. The molecule has 4 aliphatic rings. The zero-order valence-corrected chi connectivity index (χ0v) is 34.3. The number of nitrogens with one attached hydrogen (secondary N) is 1. The highest BCUT2D eigenvalue weighted by molar-refractivity contribution is 6.23. The molecule has 0 saturated carbocycles. The smallest absolute Gasteiger partial charge is 0.312 e. The maximum atomic E-state index is 14.4. The maximum Gasteiger partial charge on any atom is 0.312 e. The van der Waals surface area contributed by atoms with Gasteiger partial charge in [-0.1, -0.05) is 45.9 Å². The lowest BCUT2D eigenvalue weighted by Crippen LogP contribution is -2.46.